The van der Waals surface area contributed by atoms with Crippen LogP contribution in [0.1, 0.15) is 18.9 Å². The molecular formula is C7H9N3O3. The third-order valence-corrected chi connectivity index (χ3v) is 2.28. The van der Waals surface area contributed by atoms with E-state index in [-0.39, 0.29) is 18.0 Å². The molecule has 0 spiro atoms. The highest BCUT2D eigenvalue weighted by Crippen LogP contribution is 2.32. The Labute approximate surface area is 74.0 Å². The van der Waals surface area contributed by atoms with Crippen molar-refractivity contribution in [2.75, 3.05) is 0 Å². The van der Waals surface area contributed by atoms with Crippen LogP contribution in [-0.4, -0.2) is 25.7 Å². The van der Waals surface area contributed by atoms with Gasteiger partial charge in [0.1, 0.15) is 6.20 Å². The van der Waals surface area contributed by atoms with E-state index in [9.17, 15) is 10.1 Å². The number of aliphatic hydroxyl groups excluding tert-OH is 1. The van der Waals surface area contributed by atoms with Crippen molar-refractivity contribution in [2.45, 2.75) is 25.0 Å². The average molecular weight is 183 g/mol. The van der Waals surface area contributed by atoms with E-state index in [2.05, 4.69) is 4.98 Å². The molecule has 0 amide bonds. The molecule has 0 unspecified atom stereocenters. The maximum absolute atomic E-state index is 10.3. The molecule has 6 nitrogen and oxygen atoms in total. The molecule has 0 aliphatic heterocycles. The van der Waals surface area contributed by atoms with Gasteiger partial charge in [-0.25, -0.2) is 0 Å². The predicted molar refractivity (Wildman–Crippen MR) is 43.2 cm³/mol. The standard InChI is InChI=1S/C7H9N3O3/c11-6-1-5(2-6)9-3-7(8-4-9)10(12)13/h3-6,11H,1-2H2. The minimum Gasteiger partial charge on any atom is -0.393 e. The lowest BCUT2D eigenvalue weighted by Crippen LogP contribution is -2.30. The van der Waals surface area contributed by atoms with Gasteiger partial charge in [-0.1, -0.05) is 0 Å². The van der Waals surface area contributed by atoms with Crippen molar-refractivity contribution in [3.8, 4) is 0 Å². The first-order valence-electron chi connectivity index (χ1n) is 4.03. The minimum atomic E-state index is -0.522. The van der Waals surface area contributed by atoms with Crippen molar-refractivity contribution in [3.63, 3.8) is 0 Å². The molecular weight excluding hydrogens is 174 g/mol. The van der Waals surface area contributed by atoms with Gasteiger partial charge in [0.2, 0.25) is 6.33 Å². The molecule has 1 fully saturated rings. The number of imidazole rings is 1. The number of rotatable bonds is 2. The van der Waals surface area contributed by atoms with Crippen LogP contribution in [0.4, 0.5) is 5.82 Å². The second-order valence-electron chi connectivity index (χ2n) is 3.22. The molecule has 0 radical (unpaired) electrons. The molecule has 1 aliphatic rings. The van der Waals surface area contributed by atoms with Gasteiger partial charge in [0, 0.05) is 6.04 Å². The van der Waals surface area contributed by atoms with Crippen LogP contribution in [0.15, 0.2) is 12.5 Å². The lowest BCUT2D eigenvalue weighted by molar-refractivity contribution is -0.389. The summed E-state index contributed by atoms with van der Waals surface area (Å²) in [6.45, 7) is 0. The number of nitro groups is 1. The Morgan fingerprint density at radius 1 is 1.69 bits per heavy atom. The van der Waals surface area contributed by atoms with E-state index in [0.717, 1.165) is 0 Å². The summed E-state index contributed by atoms with van der Waals surface area (Å²) in [5.74, 6) is -0.138. The maximum Gasteiger partial charge on any atom is 0.381 e. The van der Waals surface area contributed by atoms with E-state index in [1.54, 1.807) is 4.57 Å². The Morgan fingerprint density at radius 3 is 2.85 bits per heavy atom. The lowest BCUT2D eigenvalue weighted by Gasteiger charge is -2.31. The molecule has 0 aromatic carbocycles. The highest BCUT2D eigenvalue weighted by Gasteiger charge is 2.30. The van der Waals surface area contributed by atoms with Gasteiger partial charge in [0.25, 0.3) is 0 Å². The Kier molecular flexibility index (Phi) is 1.77. The first-order valence-corrected chi connectivity index (χ1v) is 4.03. The molecule has 1 saturated carbocycles. The Bertz CT molecular complexity index is 329. The second kappa shape index (κ2) is 2.81. The number of hydrogen-bond donors (Lipinski definition) is 1. The third-order valence-electron chi connectivity index (χ3n) is 2.28. The van der Waals surface area contributed by atoms with Crippen LogP contribution >= 0.6 is 0 Å². The van der Waals surface area contributed by atoms with Crippen LogP contribution in [0, 0.1) is 10.1 Å². The zero-order chi connectivity index (χ0) is 9.42. The highest BCUT2D eigenvalue weighted by atomic mass is 16.6. The van der Waals surface area contributed by atoms with Gasteiger partial charge in [0.15, 0.2) is 0 Å². The molecule has 0 atom stereocenters. The molecule has 1 aromatic rings. The first kappa shape index (κ1) is 8.18. The average Bonchev–Trinajstić information content (AvgIpc) is 2.46. The molecule has 0 bridgehead atoms. The fourth-order valence-corrected chi connectivity index (χ4v) is 1.42. The molecule has 2 rings (SSSR count). The summed E-state index contributed by atoms with van der Waals surface area (Å²) >= 11 is 0. The van der Waals surface area contributed by atoms with Gasteiger partial charge in [-0.2, -0.15) is 0 Å². The fourth-order valence-electron chi connectivity index (χ4n) is 1.42. The van der Waals surface area contributed by atoms with E-state index >= 15 is 0 Å². The van der Waals surface area contributed by atoms with Gasteiger partial charge in [-0.3, -0.25) is 0 Å². The summed E-state index contributed by atoms with van der Waals surface area (Å²) < 4.78 is 1.69. The molecule has 6 heteroatoms. The summed E-state index contributed by atoms with van der Waals surface area (Å²) in [6.07, 6.45) is 3.90. The highest BCUT2D eigenvalue weighted by molar-refractivity contribution is 5.13. The van der Waals surface area contributed by atoms with Gasteiger partial charge in [0.05, 0.1) is 6.10 Å². The van der Waals surface area contributed by atoms with Gasteiger partial charge >= 0.3 is 5.82 Å². The van der Waals surface area contributed by atoms with E-state index in [4.69, 9.17) is 5.11 Å². The lowest BCUT2D eigenvalue weighted by atomic mass is 9.89. The fraction of sp³-hybridized carbons (Fsp3) is 0.571. The maximum atomic E-state index is 10.3. The monoisotopic (exact) mass is 183 g/mol. The third kappa shape index (κ3) is 1.40. The molecule has 1 heterocycles. The molecule has 0 saturated heterocycles. The molecule has 13 heavy (non-hydrogen) atoms. The van der Waals surface area contributed by atoms with Crippen LogP contribution in [0.3, 0.4) is 0 Å². The smallest absolute Gasteiger partial charge is 0.381 e. The van der Waals surface area contributed by atoms with E-state index in [1.807, 2.05) is 0 Å². The molecule has 70 valence electrons. The van der Waals surface area contributed by atoms with Gasteiger partial charge in [-0.15, -0.1) is 0 Å². The summed E-state index contributed by atoms with van der Waals surface area (Å²) in [5, 5.41) is 19.3. The number of hydrogen-bond acceptors (Lipinski definition) is 4. The largest absolute Gasteiger partial charge is 0.393 e. The number of aliphatic hydroxyl groups is 1. The van der Waals surface area contributed by atoms with Crippen LogP contribution in [0.2, 0.25) is 0 Å². The van der Waals surface area contributed by atoms with Crippen molar-refractivity contribution in [3.05, 3.63) is 22.6 Å². The normalized spacial score (nSPS) is 26.8. The Morgan fingerprint density at radius 2 is 2.38 bits per heavy atom. The van der Waals surface area contributed by atoms with E-state index in [0.29, 0.717) is 12.8 Å². The van der Waals surface area contributed by atoms with Gasteiger partial charge in [-0.05, 0) is 22.7 Å². The van der Waals surface area contributed by atoms with Crippen LogP contribution in [0.25, 0.3) is 0 Å². The molecule has 1 aliphatic carbocycles. The number of nitrogens with zero attached hydrogens (tertiary/aromatic N) is 3. The predicted octanol–water partition coefficient (Wildman–Crippen LogP) is 0.487. The van der Waals surface area contributed by atoms with Gasteiger partial charge < -0.3 is 19.8 Å². The van der Waals surface area contributed by atoms with Crippen LogP contribution in [-0.2, 0) is 0 Å². The van der Waals surface area contributed by atoms with Crippen molar-refractivity contribution < 1.29 is 10.0 Å². The minimum absolute atomic E-state index is 0.138. The van der Waals surface area contributed by atoms with Crippen molar-refractivity contribution in [1.29, 1.82) is 0 Å². The van der Waals surface area contributed by atoms with Crippen LogP contribution < -0.4 is 0 Å². The summed E-state index contributed by atoms with van der Waals surface area (Å²) in [5.41, 5.74) is 0. The van der Waals surface area contributed by atoms with Crippen molar-refractivity contribution in [1.82, 2.24) is 9.55 Å². The zero-order valence-electron chi connectivity index (χ0n) is 6.83. The first-order chi connectivity index (χ1) is 6.16. The van der Waals surface area contributed by atoms with Crippen LogP contribution in [0.5, 0.6) is 0 Å². The molecule has 1 aromatic heterocycles. The summed E-state index contributed by atoms with van der Waals surface area (Å²) in [7, 11) is 0. The summed E-state index contributed by atoms with van der Waals surface area (Å²) in [6, 6.07) is 0.177. The Balaban J connectivity index is 2.10. The van der Waals surface area contributed by atoms with Crippen molar-refractivity contribution >= 4 is 5.82 Å². The molecule has 1 N–H and O–H groups in total. The van der Waals surface area contributed by atoms with E-state index in [1.165, 1.54) is 12.5 Å². The van der Waals surface area contributed by atoms with E-state index < -0.39 is 4.92 Å². The number of aromatic nitrogens is 2. The second-order valence-corrected chi connectivity index (χ2v) is 3.22. The SMILES string of the molecule is O=[N+]([O-])c1cn(C2CC(O)C2)cn1. The Hall–Kier alpha value is -1.43. The topological polar surface area (TPSA) is 81.2 Å². The van der Waals surface area contributed by atoms with Crippen molar-refractivity contribution in [2.24, 2.45) is 0 Å². The summed E-state index contributed by atoms with van der Waals surface area (Å²) in [4.78, 5) is 13.4. The zero-order valence-corrected chi connectivity index (χ0v) is 6.83. The quantitative estimate of drug-likeness (QED) is 0.534.